The van der Waals surface area contributed by atoms with Gasteiger partial charge in [-0.05, 0) is 24.3 Å². The number of carboxylic acids is 1. The van der Waals surface area contributed by atoms with E-state index >= 15 is 0 Å². The van der Waals surface area contributed by atoms with Crippen LogP contribution in [0.1, 0.15) is 10.4 Å². The van der Waals surface area contributed by atoms with E-state index in [-0.39, 0.29) is 11.9 Å². The number of carbonyl (C=O) groups is 1. The summed E-state index contributed by atoms with van der Waals surface area (Å²) in [7, 11) is 3.17. The highest BCUT2D eigenvalue weighted by Gasteiger charge is 2.10. The Morgan fingerprint density at radius 1 is 1.30 bits per heavy atom. The van der Waals surface area contributed by atoms with E-state index in [9.17, 15) is 4.79 Å². The number of hydrogen-bond donors (Lipinski definition) is 1. The van der Waals surface area contributed by atoms with Gasteiger partial charge in [0.05, 0.1) is 21.9 Å². The van der Waals surface area contributed by atoms with Crippen molar-refractivity contribution >= 4 is 28.6 Å². The molecule has 6 heteroatoms. The van der Waals surface area contributed by atoms with Crippen molar-refractivity contribution in [1.82, 2.24) is 4.98 Å². The number of rotatable bonds is 6. The standard InChI is InChI=1S/C14H15NO4S/c1-18-13(19-2)8-20-12-7-6-9-10(14(16)17)4-3-5-11(9)15-12/h3-7,13H,8H2,1-2H3,(H,16,17). The van der Waals surface area contributed by atoms with Crippen LogP contribution in [0.5, 0.6) is 0 Å². The highest BCUT2D eigenvalue weighted by atomic mass is 32.2. The lowest BCUT2D eigenvalue weighted by Crippen LogP contribution is -2.15. The van der Waals surface area contributed by atoms with Gasteiger partial charge >= 0.3 is 5.97 Å². The third kappa shape index (κ3) is 3.27. The Kier molecular flexibility index (Phi) is 4.94. The van der Waals surface area contributed by atoms with Crippen LogP contribution in [0.15, 0.2) is 35.4 Å². The maximum absolute atomic E-state index is 11.1. The summed E-state index contributed by atoms with van der Waals surface area (Å²) in [5.74, 6) is -0.332. The van der Waals surface area contributed by atoms with Gasteiger partial charge in [0.1, 0.15) is 0 Å². The fourth-order valence-electron chi connectivity index (χ4n) is 1.79. The molecule has 0 radical (unpaired) electrons. The molecule has 0 amide bonds. The fourth-order valence-corrected chi connectivity index (χ4v) is 2.70. The molecule has 1 heterocycles. The number of benzene rings is 1. The van der Waals surface area contributed by atoms with E-state index in [0.717, 1.165) is 5.03 Å². The molecular weight excluding hydrogens is 278 g/mol. The number of methoxy groups -OCH3 is 2. The number of carboxylic acid groups (broad SMARTS) is 1. The topological polar surface area (TPSA) is 68.7 Å². The lowest BCUT2D eigenvalue weighted by Gasteiger charge is -2.12. The van der Waals surface area contributed by atoms with Crippen LogP contribution in [0.25, 0.3) is 10.9 Å². The third-order valence-electron chi connectivity index (χ3n) is 2.83. The first-order chi connectivity index (χ1) is 9.65. The van der Waals surface area contributed by atoms with Crippen molar-refractivity contribution in [2.24, 2.45) is 0 Å². The number of ether oxygens (including phenoxy) is 2. The van der Waals surface area contributed by atoms with Crippen LogP contribution in [0.3, 0.4) is 0 Å². The van der Waals surface area contributed by atoms with Crippen molar-refractivity contribution < 1.29 is 19.4 Å². The molecule has 0 aliphatic heterocycles. The molecule has 0 atom stereocenters. The molecule has 2 rings (SSSR count). The lowest BCUT2D eigenvalue weighted by molar-refractivity contribution is -0.0842. The first-order valence-corrected chi connectivity index (χ1v) is 6.95. The Bertz CT molecular complexity index is 613. The minimum atomic E-state index is -0.948. The zero-order chi connectivity index (χ0) is 14.5. The summed E-state index contributed by atoms with van der Waals surface area (Å²) in [4.78, 5) is 15.6. The second-order valence-electron chi connectivity index (χ2n) is 4.04. The van der Waals surface area contributed by atoms with Gasteiger partial charge in [0.15, 0.2) is 6.29 Å². The molecule has 1 aromatic carbocycles. The average Bonchev–Trinajstić information content (AvgIpc) is 2.47. The van der Waals surface area contributed by atoms with Crippen LogP contribution in [0.2, 0.25) is 0 Å². The van der Waals surface area contributed by atoms with E-state index in [1.54, 1.807) is 38.5 Å². The molecule has 106 valence electrons. The summed E-state index contributed by atoms with van der Waals surface area (Å²) in [5.41, 5.74) is 0.930. The van der Waals surface area contributed by atoms with Crippen LogP contribution >= 0.6 is 11.8 Å². The van der Waals surface area contributed by atoms with E-state index < -0.39 is 5.97 Å². The smallest absolute Gasteiger partial charge is 0.336 e. The maximum atomic E-state index is 11.1. The molecule has 2 aromatic rings. The quantitative estimate of drug-likeness (QED) is 0.652. The second kappa shape index (κ2) is 6.69. The van der Waals surface area contributed by atoms with Crippen LogP contribution < -0.4 is 0 Å². The van der Waals surface area contributed by atoms with Crippen molar-refractivity contribution in [2.45, 2.75) is 11.3 Å². The molecule has 20 heavy (non-hydrogen) atoms. The molecule has 0 unspecified atom stereocenters. The summed E-state index contributed by atoms with van der Waals surface area (Å²) in [6.07, 6.45) is -0.289. The molecule has 0 spiro atoms. The van der Waals surface area contributed by atoms with Gasteiger partial charge in [0, 0.05) is 19.6 Å². The summed E-state index contributed by atoms with van der Waals surface area (Å²) in [6.45, 7) is 0. The van der Waals surface area contributed by atoms with Gasteiger partial charge in [-0.15, -0.1) is 11.8 Å². The second-order valence-corrected chi connectivity index (χ2v) is 5.08. The van der Waals surface area contributed by atoms with Crippen molar-refractivity contribution in [1.29, 1.82) is 0 Å². The fraction of sp³-hybridized carbons (Fsp3) is 0.286. The molecule has 0 aliphatic carbocycles. The number of fused-ring (bicyclic) bond motifs is 1. The van der Waals surface area contributed by atoms with E-state index in [1.165, 1.54) is 11.8 Å². The zero-order valence-corrected chi connectivity index (χ0v) is 12.0. The number of aromatic carboxylic acids is 1. The summed E-state index contributed by atoms with van der Waals surface area (Å²) >= 11 is 1.50. The van der Waals surface area contributed by atoms with Gasteiger partial charge in [0.25, 0.3) is 0 Å². The summed E-state index contributed by atoms with van der Waals surface area (Å²) < 4.78 is 10.2. The Hall–Kier alpha value is -1.63. The van der Waals surface area contributed by atoms with Crippen LogP contribution in [-0.4, -0.2) is 42.3 Å². The van der Waals surface area contributed by atoms with E-state index in [1.807, 2.05) is 6.07 Å². The van der Waals surface area contributed by atoms with Crippen molar-refractivity contribution in [2.75, 3.05) is 20.0 Å². The number of pyridine rings is 1. The predicted octanol–water partition coefficient (Wildman–Crippen LogP) is 2.64. The lowest BCUT2D eigenvalue weighted by atomic mass is 10.1. The van der Waals surface area contributed by atoms with Crippen LogP contribution in [0.4, 0.5) is 0 Å². The largest absolute Gasteiger partial charge is 0.478 e. The Morgan fingerprint density at radius 2 is 2.05 bits per heavy atom. The molecule has 1 N–H and O–H groups in total. The number of thioether (sulfide) groups is 1. The average molecular weight is 293 g/mol. The van der Waals surface area contributed by atoms with Gasteiger partial charge in [-0.25, -0.2) is 9.78 Å². The molecule has 0 bridgehead atoms. The highest BCUT2D eigenvalue weighted by Crippen LogP contribution is 2.23. The van der Waals surface area contributed by atoms with Crippen molar-refractivity contribution in [3.05, 3.63) is 35.9 Å². The zero-order valence-electron chi connectivity index (χ0n) is 11.2. The first-order valence-electron chi connectivity index (χ1n) is 5.97. The summed E-state index contributed by atoms with van der Waals surface area (Å²) in [5, 5.41) is 10.6. The number of aromatic nitrogens is 1. The molecule has 0 aliphatic rings. The highest BCUT2D eigenvalue weighted by molar-refractivity contribution is 7.99. The number of nitrogens with zero attached hydrogens (tertiary/aromatic N) is 1. The third-order valence-corrected chi connectivity index (χ3v) is 3.79. The van der Waals surface area contributed by atoms with Gasteiger partial charge in [-0.2, -0.15) is 0 Å². The van der Waals surface area contributed by atoms with E-state index in [4.69, 9.17) is 14.6 Å². The van der Waals surface area contributed by atoms with Crippen molar-refractivity contribution in [3.63, 3.8) is 0 Å². The Balaban J connectivity index is 2.24. The Labute approximate surface area is 120 Å². The minimum absolute atomic E-state index is 0.262. The predicted molar refractivity (Wildman–Crippen MR) is 77.2 cm³/mol. The SMILES string of the molecule is COC(CSc1ccc2c(C(=O)O)cccc2n1)OC. The van der Waals surface area contributed by atoms with E-state index in [0.29, 0.717) is 16.7 Å². The molecule has 0 saturated heterocycles. The summed E-state index contributed by atoms with van der Waals surface area (Å²) in [6, 6.07) is 8.66. The first kappa shape index (κ1) is 14.8. The molecule has 5 nitrogen and oxygen atoms in total. The molecule has 1 aromatic heterocycles. The normalized spacial score (nSPS) is 11.2. The molecular formula is C14H15NO4S. The maximum Gasteiger partial charge on any atom is 0.336 e. The van der Waals surface area contributed by atoms with Crippen LogP contribution in [-0.2, 0) is 9.47 Å². The van der Waals surface area contributed by atoms with E-state index in [2.05, 4.69) is 4.98 Å². The van der Waals surface area contributed by atoms with Gasteiger partial charge in [-0.3, -0.25) is 0 Å². The minimum Gasteiger partial charge on any atom is -0.478 e. The van der Waals surface area contributed by atoms with Crippen molar-refractivity contribution in [3.8, 4) is 0 Å². The molecule has 0 saturated carbocycles. The van der Waals surface area contributed by atoms with Gasteiger partial charge < -0.3 is 14.6 Å². The molecule has 0 fully saturated rings. The monoisotopic (exact) mass is 293 g/mol. The number of hydrogen-bond acceptors (Lipinski definition) is 5. The van der Waals surface area contributed by atoms with Gasteiger partial charge in [0.2, 0.25) is 0 Å². The Morgan fingerprint density at radius 3 is 2.70 bits per heavy atom. The van der Waals surface area contributed by atoms with Gasteiger partial charge in [-0.1, -0.05) is 6.07 Å². The van der Waals surface area contributed by atoms with Crippen LogP contribution in [0, 0.1) is 0 Å².